The first-order valence-corrected chi connectivity index (χ1v) is 9.52. The molecule has 0 aromatic heterocycles. The second-order valence-corrected chi connectivity index (χ2v) is 7.23. The Bertz CT molecular complexity index is 694. The molecule has 6 nitrogen and oxygen atoms in total. The predicted molar refractivity (Wildman–Crippen MR) is 102 cm³/mol. The first kappa shape index (κ1) is 18.7. The fourth-order valence-electron chi connectivity index (χ4n) is 3.58. The lowest BCUT2D eigenvalue weighted by atomic mass is 9.83. The third-order valence-electron chi connectivity index (χ3n) is 5.01. The van der Waals surface area contributed by atoms with Gasteiger partial charge in [0.2, 0.25) is 0 Å². The highest BCUT2D eigenvalue weighted by atomic mass is 16.5. The van der Waals surface area contributed by atoms with Crippen molar-refractivity contribution in [3.63, 3.8) is 0 Å². The Balaban J connectivity index is 1.95. The van der Waals surface area contributed by atoms with E-state index in [9.17, 15) is 4.79 Å². The fourth-order valence-corrected chi connectivity index (χ4v) is 3.58. The molecular formula is C20H29N3O3. The van der Waals surface area contributed by atoms with Crippen LogP contribution in [0.1, 0.15) is 46.1 Å². The van der Waals surface area contributed by atoms with Crippen LogP contribution in [0.2, 0.25) is 0 Å². The van der Waals surface area contributed by atoms with Gasteiger partial charge in [-0.1, -0.05) is 0 Å². The maximum atomic E-state index is 13.0. The third-order valence-corrected chi connectivity index (χ3v) is 5.01. The van der Waals surface area contributed by atoms with E-state index in [4.69, 9.17) is 14.6 Å². The Morgan fingerprint density at radius 1 is 1.15 bits per heavy atom. The minimum absolute atomic E-state index is 0.0752. The highest BCUT2D eigenvalue weighted by Gasteiger charge is 2.46. The summed E-state index contributed by atoms with van der Waals surface area (Å²) in [6.45, 7) is 10.8. The van der Waals surface area contributed by atoms with E-state index in [1.807, 2.05) is 45.9 Å². The van der Waals surface area contributed by atoms with Gasteiger partial charge in [0.15, 0.2) is 11.5 Å². The Labute approximate surface area is 155 Å². The summed E-state index contributed by atoms with van der Waals surface area (Å²) in [5.74, 6) is 1.49. The fraction of sp³-hybridized carbons (Fsp3) is 0.600. The van der Waals surface area contributed by atoms with Crippen molar-refractivity contribution in [2.24, 2.45) is 10.5 Å². The normalized spacial score (nSPS) is 20.2. The maximum Gasteiger partial charge on any atom is 0.254 e. The summed E-state index contributed by atoms with van der Waals surface area (Å²) in [5.41, 5.74) is 1.05. The van der Waals surface area contributed by atoms with E-state index in [1.54, 1.807) is 5.01 Å². The van der Waals surface area contributed by atoms with Gasteiger partial charge in [-0.2, -0.15) is 5.10 Å². The smallest absolute Gasteiger partial charge is 0.254 e. The molecule has 6 heteroatoms. The van der Waals surface area contributed by atoms with Gasteiger partial charge in [-0.05, 0) is 71.8 Å². The number of nitrogens with zero attached hydrogens (tertiary/aromatic N) is 2. The van der Waals surface area contributed by atoms with Gasteiger partial charge in [0.25, 0.3) is 5.91 Å². The number of piperidine rings is 1. The second-order valence-electron chi connectivity index (χ2n) is 7.23. The molecule has 1 amide bonds. The highest BCUT2D eigenvalue weighted by Crippen LogP contribution is 2.37. The molecule has 1 saturated heterocycles. The van der Waals surface area contributed by atoms with Crippen molar-refractivity contribution in [3.05, 3.63) is 23.8 Å². The number of carbonyl (C=O) groups excluding carboxylic acids is 1. The van der Waals surface area contributed by atoms with Crippen molar-refractivity contribution < 1.29 is 14.3 Å². The predicted octanol–water partition coefficient (Wildman–Crippen LogP) is 2.81. The van der Waals surface area contributed by atoms with Crippen molar-refractivity contribution in [2.75, 3.05) is 26.3 Å². The molecule has 1 N–H and O–H groups in total. The van der Waals surface area contributed by atoms with E-state index in [0.29, 0.717) is 19.0 Å². The first-order valence-electron chi connectivity index (χ1n) is 9.52. The van der Waals surface area contributed by atoms with Gasteiger partial charge < -0.3 is 14.8 Å². The van der Waals surface area contributed by atoms with Crippen LogP contribution in [0.3, 0.4) is 0 Å². The van der Waals surface area contributed by atoms with E-state index in [1.165, 1.54) is 0 Å². The van der Waals surface area contributed by atoms with Crippen molar-refractivity contribution in [1.29, 1.82) is 0 Å². The minimum atomic E-state index is -0.651. The summed E-state index contributed by atoms with van der Waals surface area (Å²) in [4.78, 5) is 13.0. The summed E-state index contributed by atoms with van der Waals surface area (Å²) in [6.07, 6.45) is 1.87. The molecule has 2 aliphatic rings. The molecule has 0 unspecified atom stereocenters. The molecule has 26 heavy (non-hydrogen) atoms. The number of carbonyl (C=O) groups is 1. The molecule has 2 aliphatic heterocycles. The van der Waals surface area contributed by atoms with Crippen molar-refractivity contribution in [3.8, 4) is 11.5 Å². The first-order chi connectivity index (χ1) is 12.5. The van der Waals surface area contributed by atoms with Crippen LogP contribution in [-0.2, 0) is 4.79 Å². The lowest BCUT2D eigenvalue weighted by Gasteiger charge is -2.30. The quantitative estimate of drug-likeness (QED) is 0.848. The van der Waals surface area contributed by atoms with Gasteiger partial charge in [0, 0.05) is 5.56 Å². The summed E-state index contributed by atoms with van der Waals surface area (Å²) >= 11 is 0. The van der Waals surface area contributed by atoms with Crippen LogP contribution < -0.4 is 14.8 Å². The zero-order valence-electron chi connectivity index (χ0n) is 16.2. The van der Waals surface area contributed by atoms with Gasteiger partial charge in [-0.3, -0.25) is 4.79 Å². The van der Waals surface area contributed by atoms with Crippen LogP contribution in [-0.4, -0.2) is 49.0 Å². The van der Waals surface area contributed by atoms with Crippen molar-refractivity contribution in [2.45, 2.75) is 46.6 Å². The Hall–Kier alpha value is -2.08. The molecule has 1 fully saturated rings. The van der Waals surface area contributed by atoms with E-state index >= 15 is 0 Å². The number of nitrogens with one attached hydrogen (secondary N) is 1. The molecule has 0 saturated carbocycles. The minimum Gasteiger partial charge on any atom is -0.490 e. The van der Waals surface area contributed by atoms with E-state index in [2.05, 4.69) is 5.32 Å². The van der Waals surface area contributed by atoms with Gasteiger partial charge in [-0.25, -0.2) is 5.01 Å². The van der Waals surface area contributed by atoms with Gasteiger partial charge in [-0.15, -0.1) is 0 Å². The SMILES string of the molecule is CCOc1ccc(C2=NN(C3CCNCC3)C(=O)C2(C)C)cc1OCC. The molecular weight excluding hydrogens is 330 g/mol. The number of ether oxygens (including phenoxy) is 2. The molecule has 0 spiro atoms. The monoisotopic (exact) mass is 359 g/mol. The van der Waals surface area contributed by atoms with Gasteiger partial charge in [0.05, 0.1) is 30.4 Å². The Morgan fingerprint density at radius 2 is 1.81 bits per heavy atom. The molecule has 0 radical (unpaired) electrons. The van der Waals surface area contributed by atoms with Crippen LogP contribution >= 0.6 is 0 Å². The highest BCUT2D eigenvalue weighted by molar-refractivity contribution is 6.19. The molecule has 142 valence electrons. The van der Waals surface area contributed by atoms with Gasteiger partial charge in [0.1, 0.15) is 0 Å². The third kappa shape index (κ3) is 3.43. The topological polar surface area (TPSA) is 63.2 Å². The van der Waals surface area contributed by atoms with Crippen LogP contribution in [0.25, 0.3) is 0 Å². The van der Waals surface area contributed by atoms with Crippen LogP contribution in [0.5, 0.6) is 11.5 Å². The zero-order valence-corrected chi connectivity index (χ0v) is 16.2. The Kier molecular flexibility index (Phi) is 5.51. The van der Waals surface area contributed by atoms with E-state index in [0.717, 1.165) is 43.0 Å². The maximum absolute atomic E-state index is 13.0. The summed E-state index contributed by atoms with van der Waals surface area (Å²) in [6, 6.07) is 5.98. The second kappa shape index (κ2) is 7.66. The standard InChI is InChI=1S/C20H29N3O3/c1-5-25-16-8-7-14(13-17(16)26-6-2)18-20(3,4)19(24)23(22-18)15-9-11-21-12-10-15/h7-8,13,15,21H,5-6,9-12H2,1-4H3. The van der Waals surface area contributed by atoms with Crippen LogP contribution in [0, 0.1) is 5.41 Å². The number of hydrogen-bond donors (Lipinski definition) is 1. The summed E-state index contributed by atoms with van der Waals surface area (Å²) in [7, 11) is 0. The lowest BCUT2D eigenvalue weighted by molar-refractivity contribution is -0.137. The molecule has 1 aromatic rings. The molecule has 0 aliphatic carbocycles. The molecule has 0 atom stereocenters. The van der Waals surface area contributed by atoms with Crippen LogP contribution in [0.15, 0.2) is 23.3 Å². The number of rotatable bonds is 6. The lowest BCUT2D eigenvalue weighted by Crippen LogP contribution is -2.44. The zero-order chi connectivity index (χ0) is 18.7. The van der Waals surface area contributed by atoms with Crippen molar-refractivity contribution in [1.82, 2.24) is 10.3 Å². The molecule has 0 bridgehead atoms. The molecule has 1 aromatic carbocycles. The number of hydrogen-bond acceptors (Lipinski definition) is 5. The molecule has 3 rings (SSSR count). The Morgan fingerprint density at radius 3 is 2.46 bits per heavy atom. The number of benzene rings is 1. The summed E-state index contributed by atoms with van der Waals surface area (Å²) < 4.78 is 11.4. The van der Waals surface area contributed by atoms with Gasteiger partial charge >= 0.3 is 0 Å². The van der Waals surface area contributed by atoms with Crippen LogP contribution in [0.4, 0.5) is 0 Å². The van der Waals surface area contributed by atoms with E-state index in [-0.39, 0.29) is 11.9 Å². The average molecular weight is 359 g/mol. The molecule has 2 heterocycles. The number of hydrazone groups is 1. The van der Waals surface area contributed by atoms with Crippen molar-refractivity contribution >= 4 is 11.6 Å². The average Bonchev–Trinajstić information content (AvgIpc) is 2.88. The largest absolute Gasteiger partial charge is 0.490 e. The number of amides is 1. The summed E-state index contributed by atoms with van der Waals surface area (Å²) in [5, 5.41) is 9.82. The van der Waals surface area contributed by atoms with E-state index < -0.39 is 5.41 Å².